The van der Waals surface area contributed by atoms with Crippen molar-refractivity contribution >= 4 is 28.6 Å². The van der Waals surface area contributed by atoms with Gasteiger partial charge in [0, 0.05) is 10.9 Å². The molecular formula is C29H24N4O3. The van der Waals surface area contributed by atoms with Gasteiger partial charge in [0.25, 0.3) is 5.91 Å². The van der Waals surface area contributed by atoms with Gasteiger partial charge < -0.3 is 10.1 Å². The number of nitrogens with one attached hydrogen (secondary N) is 1. The standard InChI is InChI=1S/C29H24N4O3/c1-3-36-29(35)24-18-30-33(21-9-5-4-6-10-21)27(24)32-28(34)23-17-26(20-15-13-19(2)14-16-20)31-25-12-8-7-11-22(23)25/h4-18H,3H2,1-2H3,(H,32,34). The fourth-order valence-corrected chi connectivity index (χ4v) is 4.00. The summed E-state index contributed by atoms with van der Waals surface area (Å²) in [7, 11) is 0. The molecule has 0 aliphatic heterocycles. The molecule has 0 bridgehead atoms. The molecule has 0 aliphatic carbocycles. The first-order chi connectivity index (χ1) is 17.5. The highest BCUT2D eigenvalue weighted by Crippen LogP contribution is 2.27. The quantitative estimate of drug-likeness (QED) is 0.312. The van der Waals surface area contributed by atoms with Gasteiger partial charge in [0.15, 0.2) is 5.82 Å². The van der Waals surface area contributed by atoms with Crippen LogP contribution in [-0.4, -0.2) is 33.2 Å². The number of amides is 1. The maximum absolute atomic E-state index is 13.7. The first-order valence-corrected chi connectivity index (χ1v) is 11.6. The molecule has 1 amide bonds. The smallest absolute Gasteiger partial charge is 0.343 e. The van der Waals surface area contributed by atoms with Crippen LogP contribution in [0.1, 0.15) is 33.2 Å². The molecule has 36 heavy (non-hydrogen) atoms. The van der Waals surface area contributed by atoms with Crippen molar-refractivity contribution in [1.82, 2.24) is 14.8 Å². The Labute approximate surface area is 208 Å². The van der Waals surface area contributed by atoms with Crippen LogP contribution in [0.3, 0.4) is 0 Å². The molecule has 5 rings (SSSR count). The summed E-state index contributed by atoms with van der Waals surface area (Å²) < 4.78 is 6.73. The molecule has 7 heteroatoms. The van der Waals surface area contributed by atoms with E-state index in [1.807, 2.05) is 85.8 Å². The van der Waals surface area contributed by atoms with E-state index < -0.39 is 5.97 Å². The van der Waals surface area contributed by atoms with Gasteiger partial charge in [-0.05, 0) is 38.1 Å². The Balaban J connectivity index is 1.61. The Morgan fingerprint density at radius 2 is 1.64 bits per heavy atom. The van der Waals surface area contributed by atoms with E-state index in [1.165, 1.54) is 10.9 Å². The van der Waals surface area contributed by atoms with E-state index in [0.29, 0.717) is 27.8 Å². The number of esters is 1. The number of fused-ring (bicyclic) bond motifs is 1. The summed E-state index contributed by atoms with van der Waals surface area (Å²) in [5.41, 5.74) is 4.73. The highest BCUT2D eigenvalue weighted by molar-refractivity contribution is 6.14. The molecule has 2 heterocycles. The van der Waals surface area contributed by atoms with Crippen LogP contribution < -0.4 is 5.32 Å². The summed E-state index contributed by atoms with van der Waals surface area (Å²) in [5, 5.41) is 7.99. The maximum Gasteiger partial charge on any atom is 0.343 e. The number of rotatable bonds is 6. The van der Waals surface area contributed by atoms with Crippen molar-refractivity contribution < 1.29 is 14.3 Å². The average molecular weight is 477 g/mol. The Hall–Kier alpha value is -4.78. The lowest BCUT2D eigenvalue weighted by molar-refractivity contribution is 0.0527. The number of benzene rings is 3. The van der Waals surface area contributed by atoms with E-state index >= 15 is 0 Å². The normalized spacial score (nSPS) is 10.8. The van der Waals surface area contributed by atoms with E-state index in [0.717, 1.165) is 11.1 Å². The highest BCUT2D eigenvalue weighted by Gasteiger charge is 2.23. The van der Waals surface area contributed by atoms with E-state index in [4.69, 9.17) is 9.72 Å². The van der Waals surface area contributed by atoms with Crippen molar-refractivity contribution in [3.63, 3.8) is 0 Å². The van der Waals surface area contributed by atoms with E-state index in [-0.39, 0.29) is 23.9 Å². The molecule has 0 fully saturated rings. The Bertz CT molecular complexity index is 1560. The number of pyridine rings is 1. The third-order valence-electron chi connectivity index (χ3n) is 5.81. The summed E-state index contributed by atoms with van der Waals surface area (Å²) in [6, 6.07) is 26.5. The van der Waals surface area contributed by atoms with Crippen molar-refractivity contribution in [2.45, 2.75) is 13.8 Å². The second-order valence-corrected chi connectivity index (χ2v) is 8.27. The number of anilines is 1. The van der Waals surface area contributed by atoms with Crippen LogP contribution >= 0.6 is 0 Å². The summed E-state index contributed by atoms with van der Waals surface area (Å²) >= 11 is 0. The number of carbonyl (C=O) groups is 2. The molecule has 0 saturated carbocycles. The zero-order valence-electron chi connectivity index (χ0n) is 19.9. The lowest BCUT2D eigenvalue weighted by atomic mass is 10.0. The molecule has 0 spiro atoms. The van der Waals surface area contributed by atoms with Crippen LogP contribution in [0.2, 0.25) is 0 Å². The van der Waals surface area contributed by atoms with Crippen LogP contribution in [0.25, 0.3) is 27.8 Å². The molecule has 0 radical (unpaired) electrons. The number of hydrogen-bond acceptors (Lipinski definition) is 5. The number of para-hydroxylation sites is 2. The van der Waals surface area contributed by atoms with Gasteiger partial charge in [0.2, 0.25) is 0 Å². The molecule has 1 N–H and O–H groups in total. The lowest BCUT2D eigenvalue weighted by Gasteiger charge is -2.13. The van der Waals surface area contributed by atoms with Gasteiger partial charge in [-0.3, -0.25) is 4.79 Å². The zero-order chi connectivity index (χ0) is 25.1. The minimum Gasteiger partial charge on any atom is -0.462 e. The number of nitrogens with zero attached hydrogens (tertiary/aromatic N) is 3. The SMILES string of the molecule is CCOC(=O)c1cnn(-c2ccccc2)c1NC(=O)c1cc(-c2ccc(C)cc2)nc2ccccc12. The van der Waals surface area contributed by atoms with Gasteiger partial charge in [-0.15, -0.1) is 0 Å². The molecule has 0 aliphatic rings. The van der Waals surface area contributed by atoms with Gasteiger partial charge >= 0.3 is 5.97 Å². The number of ether oxygens (including phenoxy) is 1. The third kappa shape index (κ3) is 4.46. The monoisotopic (exact) mass is 476 g/mol. The molecule has 2 aromatic heterocycles. The van der Waals surface area contributed by atoms with Gasteiger partial charge in [-0.25, -0.2) is 14.5 Å². The van der Waals surface area contributed by atoms with Crippen molar-refractivity contribution in [2.75, 3.05) is 11.9 Å². The van der Waals surface area contributed by atoms with Crippen LogP contribution in [-0.2, 0) is 4.74 Å². The Morgan fingerprint density at radius 3 is 2.39 bits per heavy atom. The van der Waals surface area contributed by atoms with Crippen molar-refractivity contribution in [1.29, 1.82) is 0 Å². The summed E-state index contributed by atoms with van der Waals surface area (Å²) in [6.45, 7) is 3.96. The van der Waals surface area contributed by atoms with Gasteiger partial charge in [0.1, 0.15) is 5.56 Å². The molecule has 0 unspecified atom stereocenters. The largest absolute Gasteiger partial charge is 0.462 e. The zero-order valence-corrected chi connectivity index (χ0v) is 19.9. The minimum atomic E-state index is -0.560. The Kier molecular flexibility index (Phi) is 6.28. The van der Waals surface area contributed by atoms with Crippen molar-refractivity contribution in [3.05, 3.63) is 108 Å². The molecule has 178 valence electrons. The third-order valence-corrected chi connectivity index (χ3v) is 5.81. The van der Waals surface area contributed by atoms with Gasteiger partial charge in [-0.2, -0.15) is 5.10 Å². The van der Waals surface area contributed by atoms with Gasteiger partial charge in [-0.1, -0.05) is 66.2 Å². The fourth-order valence-electron chi connectivity index (χ4n) is 4.00. The van der Waals surface area contributed by atoms with Crippen molar-refractivity contribution in [3.8, 4) is 16.9 Å². The second-order valence-electron chi connectivity index (χ2n) is 8.27. The molecular weight excluding hydrogens is 452 g/mol. The number of aromatic nitrogens is 3. The van der Waals surface area contributed by atoms with Crippen LogP contribution in [0.15, 0.2) is 91.1 Å². The van der Waals surface area contributed by atoms with Crippen molar-refractivity contribution in [2.24, 2.45) is 0 Å². The first-order valence-electron chi connectivity index (χ1n) is 11.6. The van der Waals surface area contributed by atoms with Crippen LogP contribution in [0.4, 0.5) is 5.82 Å². The summed E-state index contributed by atoms with van der Waals surface area (Å²) in [4.78, 5) is 31.2. The van der Waals surface area contributed by atoms with Crippen LogP contribution in [0.5, 0.6) is 0 Å². The van der Waals surface area contributed by atoms with Crippen LogP contribution in [0, 0.1) is 6.92 Å². The second kappa shape index (κ2) is 9.84. The van der Waals surface area contributed by atoms with E-state index in [9.17, 15) is 9.59 Å². The highest BCUT2D eigenvalue weighted by atomic mass is 16.5. The predicted octanol–water partition coefficient (Wildman–Crippen LogP) is 5.82. The van der Waals surface area contributed by atoms with E-state index in [2.05, 4.69) is 10.4 Å². The van der Waals surface area contributed by atoms with E-state index in [1.54, 1.807) is 13.0 Å². The number of aryl methyl sites for hydroxylation is 1. The molecule has 0 atom stereocenters. The topological polar surface area (TPSA) is 86.1 Å². The summed E-state index contributed by atoms with van der Waals surface area (Å²) in [6.07, 6.45) is 1.41. The molecule has 3 aromatic carbocycles. The first kappa shape index (κ1) is 23.0. The Morgan fingerprint density at radius 1 is 0.917 bits per heavy atom. The summed E-state index contributed by atoms with van der Waals surface area (Å²) in [5.74, 6) is -0.706. The fraction of sp³-hybridized carbons (Fsp3) is 0.103. The molecule has 0 saturated heterocycles. The maximum atomic E-state index is 13.7. The minimum absolute atomic E-state index is 0.172. The lowest BCUT2D eigenvalue weighted by Crippen LogP contribution is -2.18. The number of carbonyl (C=O) groups excluding carboxylic acids is 2. The molecule has 7 nitrogen and oxygen atoms in total. The average Bonchev–Trinajstić information content (AvgIpc) is 3.32. The predicted molar refractivity (Wildman–Crippen MR) is 139 cm³/mol. The number of hydrogen-bond donors (Lipinski definition) is 1. The molecule has 5 aromatic rings. The van der Waals surface area contributed by atoms with Gasteiger partial charge in [0.05, 0.1) is 35.3 Å².